The van der Waals surface area contributed by atoms with Crippen LogP contribution >= 0.6 is 0 Å². The van der Waals surface area contributed by atoms with Crippen molar-refractivity contribution in [3.05, 3.63) is 59.7 Å². The van der Waals surface area contributed by atoms with Gasteiger partial charge in [0.25, 0.3) is 0 Å². The highest BCUT2D eigenvalue weighted by Crippen LogP contribution is 2.25. The van der Waals surface area contributed by atoms with Gasteiger partial charge in [0.2, 0.25) is 15.9 Å². The minimum absolute atomic E-state index is 0.183. The van der Waals surface area contributed by atoms with Crippen molar-refractivity contribution in [2.24, 2.45) is 5.73 Å². The molecule has 1 amide bonds. The number of amides is 1. The number of aryl methyl sites for hydroxylation is 1. The molecule has 0 bridgehead atoms. The molecule has 6 nitrogen and oxygen atoms in total. The molecule has 0 radical (unpaired) electrons. The highest BCUT2D eigenvalue weighted by atomic mass is 32.2. The van der Waals surface area contributed by atoms with E-state index in [0.717, 1.165) is 0 Å². The topological polar surface area (TPSA) is 92.5 Å². The predicted octanol–water partition coefficient (Wildman–Crippen LogP) is 2.84. The Balaban J connectivity index is 2.35. The monoisotopic (exact) mass is 389 g/mol. The van der Waals surface area contributed by atoms with Crippen LogP contribution in [0.15, 0.2) is 53.4 Å². The van der Waals surface area contributed by atoms with Crippen molar-refractivity contribution in [2.45, 2.75) is 38.1 Å². The predicted molar refractivity (Wildman–Crippen MR) is 108 cm³/mol. The van der Waals surface area contributed by atoms with Gasteiger partial charge in [0.05, 0.1) is 4.90 Å². The summed E-state index contributed by atoms with van der Waals surface area (Å²) in [6.07, 6.45) is 0. The maximum absolute atomic E-state index is 12.9. The largest absolute Gasteiger partial charge is 0.324 e. The van der Waals surface area contributed by atoms with Crippen LogP contribution in [0, 0.1) is 6.92 Å². The lowest BCUT2D eigenvalue weighted by atomic mass is 9.92. The number of rotatable bonds is 7. The van der Waals surface area contributed by atoms with Crippen LogP contribution in [0.4, 0.5) is 5.69 Å². The molecule has 146 valence electrons. The van der Waals surface area contributed by atoms with Gasteiger partial charge in [-0.2, -0.15) is 4.31 Å². The van der Waals surface area contributed by atoms with Gasteiger partial charge in [-0.1, -0.05) is 50.2 Å². The first-order valence-electron chi connectivity index (χ1n) is 8.91. The van der Waals surface area contributed by atoms with Crippen molar-refractivity contribution < 1.29 is 13.2 Å². The maximum Gasteiger partial charge on any atom is 0.248 e. The normalized spacial score (nSPS) is 14.0. The average molecular weight is 390 g/mol. The van der Waals surface area contributed by atoms with Gasteiger partial charge in [0.15, 0.2) is 0 Å². The lowest BCUT2D eigenvalue weighted by molar-refractivity contribution is -0.120. The molecule has 27 heavy (non-hydrogen) atoms. The van der Waals surface area contributed by atoms with Gasteiger partial charge < -0.3 is 11.1 Å². The van der Waals surface area contributed by atoms with Crippen molar-refractivity contribution >= 4 is 21.6 Å². The summed E-state index contributed by atoms with van der Waals surface area (Å²) >= 11 is 0. The van der Waals surface area contributed by atoms with Gasteiger partial charge in [0.1, 0.15) is 5.54 Å². The van der Waals surface area contributed by atoms with Crippen LogP contribution in [-0.2, 0) is 20.4 Å². The summed E-state index contributed by atoms with van der Waals surface area (Å²) in [6.45, 7) is 7.70. The van der Waals surface area contributed by atoms with E-state index in [2.05, 4.69) is 5.32 Å². The van der Waals surface area contributed by atoms with E-state index in [4.69, 9.17) is 5.73 Å². The van der Waals surface area contributed by atoms with E-state index in [1.807, 2.05) is 18.2 Å². The fourth-order valence-corrected chi connectivity index (χ4v) is 4.54. The number of carbonyl (C=O) groups excluding carboxylic acids is 1. The fourth-order valence-electron chi connectivity index (χ4n) is 2.83. The molecular formula is C20H27N3O3S. The Kier molecular flexibility index (Phi) is 6.41. The molecule has 3 N–H and O–H groups in total. The minimum atomic E-state index is -3.63. The fraction of sp³-hybridized carbons (Fsp3) is 0.350. The van der Waals surface area contributed by atoms with Gasteiger partial charge in [-0.3, -0.25) is 4.79 Å². The highest BCUT2D eigenvalue weighted by molar-refractivity contribution is 7.89. The van der Waals surface area contributed by atoms with E-state index in [0.29, 0.717) is 29.9 Å². The third kappa shape index (κ3) is 4.37. The summed E-state index contributed by atoms with van der Waals surface area (Å²) in [7, 11) is -3.63. The van der Waals surface area contributed by atoms with Crippen LogP contribution in [0.5, 0.6) is 0 Å². The summed E-state index contributed by atoms with van der Waals surface area (Å²) < 4.78 is 27.1. The van der Waals surface area contributed by atoms with Crippen LogP contribution in [0.3, 0.4) is 0 Å². The zero-order valence-corrected chi connectivity index (χ0v) is 17.0. The van der Waals surface area contributed by atoms with E-state index in [1.165, 1.54) is 10.4 Å². The first-order valence-corrected chi connectivity index (χ1v) is 10.3. The van der Waals surface area contributed by atoms with Crippen molar-refractivity contribution in [1.82, 2.24) is 4.31 Å². The van der Waals surface area contributed by atoms with E-state index >= 15 is 0 Å². The van der Waals surface area contributed by atoms with Gasteiger partial charge >= 0.3 is 0 Å². The minimum Gasteiger partial charge on any atom is -0.324 e. The molecule has 2 aromatic rings. The lowest BCUT2D eigenvalue weighted by Gasteiger charge is -2.25. The molecule has 1 atom stereocenters. The number of nitrogens with one attached hydrogen (secondary N) is 1. The Hall–Kier alpha value is -2.22. The second-order valence-corrected chi connectivity index (χ2v) is 8.50. The highest BCUT2D eigenvalue weighted by Gasteiger charge is 2.31. The Morgan fingerprint density at radius 3 is 2.26 bits per heavy atom. The summed E-state index contributed by atoms with van der Waals surface area (Å²) in [5.41, 5.74) is 6.68. The molecule has 0 fully saturated rings. The van der Waals surface area contributed by atoms with Gasteiger partial charge in [-0.25, -0.2) is 8.42 Å². The maximum atomic E-state index is 12.9. The van der Waals surface area contributed by atoms with Crippen molar-refractivity contribution in [1.29, 1.82) is 0 Å². The number of nitrogens with zero attached hydrogens (tertiary/aromatic N) is 1. The average Bonchev–Trinajstić information content (AvgIpc) is 2.64. The lowest BCUT2D eigenvalue weighted by Crippen LogP contribution is -2.45. The number of sulfonamides is 1. The Bertz CT molecular complexity index is 905. The van der Waals surface area contributed by atoms with Crippen LogP contribution in [0.2, 0.25) is 0 Å². The third-order valence-corrected chi connectivity index (χ3v) is 6.81. The second kappa shape index (κ2) is 8.21. The van der Waals surface area contributed by atoms with E-state index in [-0.39, 0.29) is 4.90 Å². The van der Waals surface area contributed by atoms with Crippen LogP contribution < -0.4 is 11.1 Å². The number of hydrogen-bond donors (Lipinski definition) is 2. The zero-order valence-electron chi connectivity index (χ0n) is 16.2. The SMILES string of the molecule is CCN(CC)S(=O)(=O)c1cc(NC(=O)C(C)(N)c2ccccc2)ccc1C. The summed E-state index contributed by atoms with van der Waals surface area (Å²) in [5.74, 6) is -0.413. The molecule has 0 aliphatic carbocycles. The molecule has 0 aliphatic rings. The summed E-state index contributed by atoms with van der Waals surface area (Å²) in [6, 6.07) is 13.9. The molecule has 1 unspecified atom stereocenters. The molecule has 0 saturated heterocycles. The van der Waals surface area contributed by atoms with Gasteiger partial charge in [-0.15, -0.1) is 0 Å². The third-order valence-electron chi connectivity index (χ3n) is 4.61. The summed E-state index contributed by atoms with van der Waals surface area (Å²) in [5, 5.41) is 2.75. The second-order valence-electron chi connectivity index (χ2n) is 6.59. The number of nitrogens with two attached hydrogens (primary N) is 1. The van der Waals surface area contributed by atoms with Crippen LogP contribution in [0.1, 0.15) is 31.9 Å². The smallest absolute Gasteiger partial charge is 0.248 e. The van der Waals surface area contributed by atoms with Crippen LogP contribution in [-0.4, -0.2) is 31.7 Å². The van der Waals surface area contributed by atoms with E-state index in [1.54, 1.807) is 52.0 Å². The molecule has 2 aromatic carbocycles. The number of carbonyl (C=O) groups is 1. The Morgan fingerprint density at radius 2 is 1.70 bits per heavy atom. The molecular weight excluding hydrogens is 362 g/mol. The number of anilines is 1. The molecule has 0 heterocycles. The Labute approximate surface area is 161 Å². The standard InChI is InChI=1S/C20H27N3O3S/c1-5-23(6-2)27(25,26)18-14-17(13-12-15(18)3)22-19(24)20(4,21)16-10-8-7-9-11-16/h7-14H,5-6,21H2,1-4H3,(H,22,24). The first kappa shape index (κ1) is 21.1. The van der Waals surface area contributed by atoms with Gasteiger partial charge in [0, 0.05) is 18.8 Å². The molecule has 0 spiro atoms. The van der Waals surface area contributed by atoms with E-state index < -0.39 is 21.5 Å². The number of benzene rings is 2. The Morgan fingerprint density at radius 1 is 1.11 bits per heavy atom. The van der Waals surface area contributed by atoms with Gasteiger partial charge in [-0.05, 0) is 37.1 Å². The van der Waals surface area contributed by atoms with Crippen molar-refractivity contribution in [3.8, 4) is 0 Å². The summed E-state index contributed by atoms with van der Waals surface area (Å²) in [4.78, 5) is 12.9. The van der Waals surface area contributed by atoms with E-state index in [9.17, 15) is 13.2 Å². The molecule has 0 aromatic heterocycles. The van der Waals surface area contributed by atoms with Crippen molar-refractivity contribution in [3.63, 3.8) is 0 Å². The molecule has 0 aliphatic heterocycles. The quantitative estimate of drug-likeness (QED) is 0.762. The molecule has 7 heteroatoms. The van der Waals surface area contributed by atoms with Crippen molar-refractivity contribution in [2.75, 3.05) is 18.4 Å². The molecule has 2 rings (SSSR count). The number of hydrogen-bond acceptors (Lipinski definition) is 4. The first-order chi connectivity index (χ1) is 12.6. The zero-order chi connectivity index (χ0) is 20.2. The molecule has 0 saturated carbocycles. The van der Waals surface area contributed by atoms with Crippen LogP contribution in [0.25, 0.3) is 0 Å².